The monoisotopic (exact) mass is 436 g/mol. The summed E-state index contributed by atoms with van der Waals surface area (Å²) < 4.78 is 19.0. The number of amides is 1. The topological polar surface area (TPSA) is 71.3 Å². The quantitative estimate of drug-likeness (QED) is 0.481. The second-order valence-corrected chi connectivity index (χ2v) is 8.52. The van der Waals surface area contributed by atoms with E-state index in [9.17, 15) is 9.18 Å². The Kier molecular flexibility index (Phi) is 5.48. The van der Waals surface area contributed by atoms with Gasteiger partial charge in [0.2, 0.25) is 5.91 Å². The zero-order valence-electron chi connectivity index (χ0n) is 16.8. The molecule has 0 saturated carbocycles. The van der Waals surface area contributed by atoms with Crippen molar-refractivity contribution in [2.45, 2.75) is 18.8 Å². The molecule has 1 aliphatic rings. The SMILES string of the molecule is O=C(CN1CCC(c2nc3ccccc3o2)CC1)Nc1nc(-c2ccc(F)cc2)cs1. The van der Waals surface area contributed by atoms with Crippen LogP contribution in [0.3, 0.4) is 0 Å². The normalized spacial score (nSPS) is 15.4. The number of nitrogens with zero attached hydrogens (tertiary/aromatic N) is 3. The third-order valence-electron chi connectivity index (χ3n) is 5.50. The zero-order chi connectivity index (χ0) is 21.2. The molecule has 31 heavy (non-hydrogen) atoms. The van der Waals surface area contributed by atoms with E-state index in [0.29, 0.717) is 11.7 Å². The van der Waals surface area contributed by atoms with Crippen molar-refractivity contribution in [3.05, 3.63) is 65.6 Å². The predicted octanol–water partition coefficient (Wildman–Crippen LogP) is 4.91. The van der Waals surface area contributed by atoms with E-state index in [0.717, 1.165) is 54.2 Å². The first-order valence-corrected chi connectivity index (χ1v) is 11.1. The number of fused-ring (bicyclic) bond motifs is 1. The van der Waals surface area contributed by atoms with Crippen molar-refractivity contribution in [3.8, 4) is 11.3 Å². The fourth-order valence-electron chi connectivity index (χ4n) is 3.85. The van der Waals surface area contributed by atoms with Crippen molar-refractivity contribution < 1.29 is 13.6 Å². The number of aromatic nitrogens is 2. The minimum absolute atomic E-state index is 0.0830. The molecular weight excluding hydrogens is 415 g/mol. The minimum atomic E-state index is -0.285. The number of carbonyl (C=O) groups excluding carboxylic acids is 1. The molecule has 6 nitrogen and oxygen atoms in total. The first-order valence-electron chi connectivity index (χ1n) is 10.2. The number of anilines is 1. The van der Waals surface area contributed by atoms with Gasteiger partial charge in [-0.25, -0.2) is 14.4 Å². The summed E-state index contributed by atoms with van der Waals surface area (Å²) in [5.41, 5.74) is 3.25. The van der Waals surface area contributed by atoms with Crippen LogP contribution in [0.15, 0.2) is 58.3 Å². The smallest absolute Gasteiger partial charge is 0.240 e. The number of rotatable bonds is 5. The van der Waals surface area contributed by atoms with Crippen LogP contribution in [-0.2, 0) is 4.79 Å². The number of nitrogens with one attached hydrogen (secondary N) is 1. The predicted molar refractivity (Wildman–Crippen MR) is 119 cm³/mol. The molecule has 1 aliphatic heterocycles. The van der Waals surface area contributed by atoms with E-state index in [1.807, 2.05) is 29.6 Å². The van der Waals surface area contributed by atoms with Gasteiger partial charge in [-0.3, -0.25) is 9.69 Å². The number of thiazole rings is 1. The molecule has 1 amide bonds. The third kappa shape index (κ3) is 4.50. The van der Waals surface area contributed by atoms with Gasteiger partial charge in [-0.1, -0.05) is 12.1 Å². The summed E-state index contributed by atoms with van der Waals surface area (Å²) in [6.45, 7) is 1.96. The zero-order valence-corrected chi connectivity index (χ0v) is 17.6. The minimum Gasteiger partial charge on any atom is -0.440 e. The molecule has 158 valence electrons. The second kappa shape index (κ2) is 8.56. The van der Waals surface area contributed by atoms with Crippen LogP contribution in [-0.4, -0.2) is 40.4 Å². The van der Waals surface area contributed by atoms with E-state index in [2.05, 4.69) is 20.2 Å². The molecule has 3 heterocycles. The molecule has 0 bridgehead atoms. The second-order valence-electron chi connectivity index (χ2n) is 7.66. The Morgan fingerprint density at radius 1 is 1.13 bits per heavy atom. The maximum Gasteiger partial charge on any atom is 0.240 e. The molecule has 2 aromatic heterocycles. The molecule has 2 aromatic carbocycles. The van der Waals surface area contributed by atoms with Crippen LogP contribution in [0, 0.1) is 5.82 Å². The van der Waals surface area contributed by atoms with E-state index in [1.54, 1.807) is 12.1 Å². The molecule has 0 spiro atoms. The maximum absolute atomic E-state index is 13.1. The van der Waals surface area contributed by atoms with Crippen molar-refractivity contribution in [2.24, 2.45) is 0 Å². The summed E-state index contributed by atoms with van der Waals surface area (Å²) in [5, 5.41) is 5.28. The van der Waals surface area contributed by atoms with Gasteiger partial charge in [0.25, 0.3) is 0 Å². The third-order valence-corrected chi connectivity index (χ3v) is 6.26. The first kappa shape index (κ1) is 19.8. The standard InChI is InChI=1S/C23H21FN4O2S/c24-17-7-5-15(6-8-17)19-14-31-23(26-19)27-21(29)13-28-11-9-16(10-12-28)22-25-18-3-1-2-4-20(18)30-22/h1-8,14,16H,9-13H2,(H,26,27,29). The Labute approximate surface area is 182 Å². The van der Waals surface area contributed by atoms with Crippen molar-refractivity contribution in [1.82, 2.24) is 14.9 Å². The number of likely N-dealkylation sites (tertiary alicyclic amines) is 1. The van der Waals surface area contributed by atoms with Crippen molar-refractivity contribution in [1.29, 1.82) is 0 Å². The molecular formula is C23H21FN4O2S. The molecule has 8 heteroatoms. The van der Waals surface area contributed by atoms with Crippen LogP contribution < -0.4 is 5.32 Å². The number of halogens is 1. The van der Waals surface area contributed by atoms with Crippen LogP contribution in [0.2, 0.25) is 0 Å². The van der Waals surface area contributed by atoms with E-state index in [4.69, 9.17) is 4.42 Å². The van der Waals surface area contributed by atoms with Crippen molar-refractivity contribution in [3.63, 3.8) is 0 Å². The van der Waals surface area contributed by atoms with Gasteiger partial charge in [0, 0.05) is 16.9 Å². The summed E-state index contributed by atoms with van der Waals surface area (Å²) in [4.78, 5) is 23.7. The summed E-state index contributed by atoms with van der Waals surface area (Å²) in [7, 11) is 0. The van der Waals surface area contributed by atoms with Crippen molar-refractivity contribution >= 4 is 33.5 Å². The van der Waals surface area contributed by atoms with Gasteiger partial charge in [-0.2, -0.15) is 0 Å². The van der Waals surface area contributed by atoms with Crippen LogP contribution in [0.25, 0.3) is 22.4 Å². The highest BCUT2D eigenvalue weighted by Gasteiger charge is 2.25. The number of benzene rings is 2. The van der Waals surface area contributed by atoms with Gasteiger partial charge in [-0.05, 0) is 62.3 Å². The van der Waals surface area contributed by atoms with Gasteiger partial charge >= 0.3 is 0 Å². The first-order chi connectivity index (χ1) is 15.1. The number of hydrogen-bond donors (Lipinski definition) is 1. The Bertz CT molecular complexity index is 1160. The van der Waals surface area contributed by atoms with Gasteiger partial charge in [0.15, 0.2) is 16.6 Å². The van der Waals surface area contributed by atoms with Crippen molar-refractivity contribution in [2.75, 3.05) is 25.0 Å². The van der Waals surface area contributed by atoms with Crippen LogP contribution >= 0.6 is 11.3 Å². The number of para-hydroxylation sites is 2. The molecule has 5 rings (SSSR count). The van der Waals surface area contributed by atoms with Crippen LogP contribution in [0.4, 0.5) is 9.52 Å². The summed E-state index contributed by atoms with van der Waals surface area (Å²) in [5.74, 6) is 0.707. The molecule has 0 unspecified atom stereocenters. The molecule has 1 saturated heterocycles. The summed E-state index contributed by atoms with van der Waals surface area (Å²) in [6, 6.07) is 14.0. The van der Waals surface area contributed by atoms with Gasteiger partial charge in [-0.15, -0.1) is 11.3 Å². The molecule has 1 fully saturated rings. The fourth-order valence-corrected chi connectivity index (χ4v) is 4.58. The van der Waals surface area contributed by atoms with Gasteiger partial charge in [0.05, 0.1) is 12.2 Å². The highest BCUT2D eigenvalue weighted by atomic mass is 32.1. The molecule has 0 aliphatic carbocycles. The summed E-state index contributed by atoms with van der Waals surface area (Å²) >= 11 is 1.36. The van der Waals surface area contributed by atoms with E-state index >= 15 is 0 Å². The summed E-state index contributed by atoms with van der Waals surface area (Å²) in [6.07, 6.45) is 1.82. The van der Waals surface area contributed by atoms with Gasteiger partial charge in [0.1, 0.15) is 11.3 Å². The van der Waals surface area contributed by atoms with E-state index in [-0.39, 0.29) is 17.6 Å². The number of hydrogen-bond acceptors (Lipinski definition) is 6. The fraction of sp³-hybridized carbons (Fsp3) is 0.261. The lowest BCUT2D eigenvalue weighted by atomic mass is 9.97. The molecule has 0 atom stereocenters. The number of piperidine rings is 1. The lowest BCUT2D eigenvalue weighted by Crippen LogP contribution is -2.38. The van der Waals surface area contributed by atoms with E-state index in [1.165, 1.54) is 23.5 Å². The van der Waals surface area contributed by atoms with E-state index < -0.39 is 0 Å². The Morgan fingerprint density at radius 3 is 2.68 bits per heavy atom. The van der Waals surface area contributed by atoms with Gasteiger partial charge < -0.3 is 9.73 Å². The Morgan fingerprint density at radius 2 is 1.90 bits per heavy atom. The number of carbonyl (C=O) groups is 1. The molecule has 1 N–H and O–H groups in total. The average Bonchev–Trinajstić information content (AvgIpc) is 3.42. The maximum atomic E-state index is 13.1. The molecule has 4 aromatic rings. The average molecular weight is 437 g/mol. The highest BCUT2D eigenvalue weighted by Crippen LogP contribution is 2.30. The van der Waals surface area contributed by atoms with Crippen LogP contribution in [0.5, 0.6) is 0 Å². The lowest BCUT2D eigenvalue weighted by molar-refractivity contribution is -0.117. The Hall–Kier alpha value is -3.10. The van der Waals surface area contributed by atoms with Crippen LogP contribution in [0.1, 0.15) is 24.7 Å². The highest BCUT2D eigenvalue weighted by molar-refractivity contribution is 7.14. The lowest BCUT2D eigenvalue weighted by Gasteiger charge is -2.29. The Balaban J connectivity index is 1.14. The largest absolute Gasteiger partial charge is 0.440 e. The molecule has 0 radical (unpaired) electrons. The number of oxazole rings is 1.